The molecule has 0 radical (unpaired) electrons. The average molecular weight is 1480 g/mol. The maximum atomic E-state index is 14.2. The predicted octanol–water partition coefficient (Wildman–Crippen LogP) is 13.0. The normalized spacial score (nSPS) is 27.7. The molecule has 4 N–H and O–H groups in total. The standard InChI is InChI=1S/C22H40N2O5S.C18H33FN2O3S.C18H34N2O4S.C15H24FNO3/c1-15(2)18(25)28-16-13-17(23-30(27)21(6,7)8)22(14-16)9-11-24(12-10-22)19(26)29-20(3,4)5;1-16(2,3)24-15(22)21-9-7-18(8-10-21)12-13(19)11-14(18)20-25(23)17(4,5)6;1-16(2,3)24-15(22)20-9-7-18(8-10-20)12-13(21)11-14(18)19-25(23)17(4,5)6;1-13(2,3)20-12(19)17-9-7-15(8-10-17)6-5-14(4,16)11(15)18/h15-17,23H,9-14H2,1-8H3;13-14,20H,7-12H2,1-6H3;13-14,19,21H,7-12H2,1-6H3;5-10H2,1-4H3/t16-,17-,30-;2*13-,14-,25-;/m111./s1. The topological polar surface area (TPSA) is 269 Å². The molecule has 27 heteroatoms. The van der Waals surface area contributed by atoms with Gasteiger partial charge in [-0.25, -0.2) is 54.8 Å². The summed E-state index contributed by atoms with van der Waals surface area (Å²) in [6.07, 6.45) is 7.46. The number of rotatable bonds is 8. The lowest BCUT2D eigenvalue weighted by molar-refractivity contribution is -0.153. The van der Waals surface area contributed by atoms with Gasteiger partial charge in [0.2, 0.25) is 0 Å². The number of halogens is 2. The Hall–Kier alpha value is -3.63. The summed E-state index contributed by atoms with van der Waals surface area (Å²) in [6, 6.07) is -0.116. The summed E-state index contributed by atoms with van der Waals surface area (Å²) in [4.78, 5) is 80.1. The molecule has 0 bridgehead atoms. The van der Waals surface area contributed by atoms with Gasteiger partial charge in [-0.1, -0.05) is 13.8 Å². The first-order valence-electron chi connectivity index (χ1n) is 36.6. The van der Waals surface area contributed by atoms with Crippen molar-refractivity contribution >= 4 is 69.1 Å². The van der Waals surface area contributed by atoms with Gasteiger partial charge in [0.05, 0.1) is 59.2 Å². The number of nitrogens with zero attached hydrogens (tertiary/aromatic N) is 4. The molecule has 4 spiro atoms. The van der Waals surface area contributed by atoms with Crippen LogP contribution in [0.3, 0.4) is 0 Å². The number of likely N-dealkylation sites (tertiary alicyclic amines) is 4. The minimum Gasteiger partial charge on any atom is -0.462 e. The number of carbonyl (C=O) groups is 6. The van der Waals surface area contributed by atoms with Crippen molar-refractivity contribution in [3.05, 3.63) is 0 Å². The van der Waals surface area contributed by atoms with Crippen molar-refractivity contribution in [1.82, 2.24) is 33.8 Å². The minimum absolute atomic E-state index is 0.0170. The molecule has 10 atom stereocenters. The first kappa shape index (κ1) is 87.0. The van der Waals surface area contributed by atoms with Crippen LogP contribution in [-0.2, 0) is 66.2 Å². The van der Waals surface area contributed by atoms with E-state index in [4.69, 9.17) is 23.7 Å². The summed E-state index contributed by atoms with van der Waals surface area (Å²) in [6.45, 7) is 49.1. The fourth-order valence-electron chi connectivity index (χ4n) is 14.6. The van der Waals surface area contributed by atoms with Crippen LogP contribution in [0.15, 0.2) is 0 Å². The molecule has 0 aromatic heterocycles. The zero-order valence-electron chi connectivity index (χ0n) is 65.4. The highest BCUT2D eigenvalue weighted by Crippen LogP contribution is 2.52. The summed E-state index contributed by atoms with van der Waals surface area (Å²) in [5.41, 5.74) is -4.77. The Labute approximate surface area is 606 Å². The van der Waals surface area contributed by atoms with Crippen LogP contribution in [0.5, 0.6) is 0 Å². The van der Waals surface area contributed by atoms with Crippen LogP contribution in [0.1, 0.15) is 269 Å². The molecule has 0 aromatic carbocycles. The highest BCUT2D eigenvalue weighted by molar-refractivity contribution is 7.85. The highest BCUT2D eigenvalue weighted by atomic mass is 32.2. The fourth-order valence-corrected chi connectivity index (χ4v) is 17.5. The molecule has 8 aliphatic rings. The molecule has 4 amide bonds. The van der Waals surface area contributed by atoms with Gasteiger partial charge in [0.25, 0.3) is 0 Å². The second kappa shape index (κ2) is 33.0. The zero-order chi connectivity index (χ0) is 76.2. The van der Waals surface area contributed by atoms with Crippen LogP contribution in [0.2, 0.25) is 0 Å². The van der Waals surface area contributed by atoms with E-state index in [-0.39, 0.29) is 103 Å². The van der Waals surface area contributed by atoms with Gasteiger partial charge >= 0.3 is 30.3 Å². The number of amides is 4. The zero-order valence-corrected chi connectivity index (χ0v) is 67.9. The van der Waals surface area contributed by atoms with E-state index in [2.05, 4.69) is 14.2 Å². The van der Waals surface area contributed by atoms with Gasteiger partial charge in [-0.15, -0.1) is 0 Å². The van der Waals surface area contributed by atoms with Gasteiger partial charge in [0.15, 0.2) is 11.5 Å². The number of esters is 1. The van der Waals surface area contributed by atoms with Gasteiger partial charge in [-0.05, 0) is 265 Å². The average Bonchev–Trinajstić information content (AvgIpc) is 1.62. The number of aliphatic hydroxyl groups is 1. The summed E-state index contributed by atoms with van der Waals surface area (Å²) in [5, 5.41) is 10.2. The Kier molecular flexibility index (Phi) is 28.7. The van der Waals surface area contributed by atoms with Gasteiger partial charge in [-0.3, -0.25) is 9.59 Å². The highest BCUT2D eigenvalue weighted by Gasteiger charge is 2.57. The summed E-state index contributed by atoms with van der Waals surface area (Å²) in [5.74, 6) is -0.640. The number of ether oxygens (including phenoxy) is 5. The molecule has 0 aromatic rings. The lowest BCUT2D eigenvalue weighted by atomic mass is 9.74. The Balaban J connectivity index is 0.000000242. The number of hydrogen-bond donors (Lipinski definition) is 4. The third-order valence-electron chi connectivity index (χ3n) is 20.4. The van der Waals surface area contributed by atoms with Crippen molar-refractivity contribution in [3.8, 4) is 0 Å². The summed E-state index contributed by atoms with van der Waals surface area (Å²) < 4.78 is 102. The van der Waals surface area contributed by atoms with Crippen LogP contribution >= 0.6 is 0 Å². The number of nitrogens with one attached hydrogen (secondary N) is 3. The SMILES string of the molecule is CC(C)(C)OC(=O)N1CCC2(CC1)CCC(C)(F)C2=O.CC(C)(C)OC(=O)N1CCC2(CC1)C[C@H](F)C[C@H]2N[S@](=O)C(C)(C)C.CC(C)(C)OC(=O)N1CCC2(CC1)C[C@H](O)C[C@H]2N[S@](=O)C(C)(C)C.CC(C)C(=O)O[C@@H]1C[C@@H](N[S@](=O)C(C)(C)C)C2(CCN(C(=O)OC(C)(C)C)CC2)C1. The van der Waals surface area contributed by atoms with Crippen molar-refractivity contribution in [1.29, 1.82) is 0 Å². The Morgan fingerprint density at radius 3 is 1.04 bits per heavy atom. The van der Waals surface area contributed by atoms with E-state index in [1.54, 1.807) is 19.6 Å². The van der Waals surface area contributed by atoms with E-state index in [1.165, 1.54) is 6.92 Å². The molecule has 100 heavy (non-hydrogen) atoms. The molecule has 8 fully saturated rings. The Bertz CT molecular complexity index is 2780. The van der Waals surface area contributed by atoms with E-state index >= 15 is 0 Å². The van der Waals surface area contributed by atoms with Crippen molar-refractivity contribution in [2.45, 2.75) is 348 Å². The van der Waals surface area contributed by atoms with E-state index in [9.17, 15) is 55.3 Å². The number of ketones is 1. The molecule has 4 aliphatic heterocycles. The third kappa shape index (κ3) is 24.7. The second-order valence-corrected chi connectivity index (χ2v) is 43.2. The molecular formula is C73H131F2N7O15S3. The van der Waals surface area contributed by atoms with Crippen molar-refractivity contribution in [2.24, 2.45) is 27.6 Å². The number of carbonyl (C=O) groups excluding carboxylic acids is 6. The largest absolute Gasteiger partial charge is 0.462 e. The van der Waals surface area contributed by atoms with E-state index in [0.717, 1.165) is 32.1 Å². The van der Waals surface area contributed by atoms with E-state index in [0.29, 0.717) is 123 Å². The maximum Gasteiger partial charge on any atom is 0.410 e. The first-order chi connectivity index (χ1) is 45.3. The maximum absolute atomic E-state index is 14.2. The van der Waals surface area contributed by atoms with Crippen LogP contribution in [0.25, 0.3) is 0 Å². The molecule has 8 rings (SSSR count). The number of alkyl halides is 2. The number of piperidine rings is 4. The van der Waals surface area contributed by atoms with Gasteiger partial charge in [0.1, 0.15) is 34.7 Å². The molecule has 580 valence electrons. The van der Waals surface area contributed by atoms with Crippen molar-refractivity contribution in [3.63, 3.8) is 0 Å². The van der Waals surface area contributed by atoms with Crippen LogP contribution in [-0.4, -0.2) is 205 Å². The molecule has 1 unspecified atom stereocenters. The molecule has 4 saturated carbocycles. The number of Topliss-reactive ketones (excluding diaryl/α,β-unsaturated/α-hetero) is 1. The molecular weight excluding hydrogens is 1350 g/mol. The second-order valence-electron chi connectivity index (χ2n) is 37.2. The lowest BCUT2D eigenvalue weighted by Gasteiger charge is -2.43. The van der Waals surface area contributed by atoms with Crippen LogP contribution in [0, 0.1) is 27.6 Å². The third-order valence-corrected chi connectivity index (χ3v) is 25.3. The van der Waals surface area contributed by atoms with Crippen molar-refractivity contribution in [2.75, 3.05) is 52.4 Å². The number of hydrogen-bond acceptors (Lipinski definition) is 15. The van der Waals surface area contributed by atoms with Crippen molar-refractivity contribution < 1.29 is 79.0 Å². The smallest absolute Gasteiger partial charge is 0.410 e. The van der Waals surface area contributed by atoms with Crippen LogP contribution in [0.4, 0.5) is 28.0 Å². The summed E-state index contributed by atoms with van der Waals surface area (Å²) >= 11 is 0. The molecule has 4 aliphatic carbocycles. The first-order valence-corrected chi connectivity index (χ1v) is 40.0. The van der Waals surface area contributed by atoms with Crippen LogP contribution < -0.4 is 14.2 Å². The van der Waals surface area contributed by atoms with Gasteiger partial charge in [0, 0.05) is 82.3 Å². The molecule has 4 saturated heterocycles. The number of aliphatic hydroxyl groups excluding tert-OH is 1. The summed E-state index contributed by atoms with van der Waals surface area (Å²) in [7, 11) is -3.61. The minimum atomic E-state index is -1.69. The van der Waals surface area contributed by atoms with E-state index < -0.39 is 72.6 Å². The molecule has 22 nitrogen and oxygen atoms in total. The Morgan fingerprint density at radius 1 is 0.460 bits per heavy atom. The van der Waals surface area contributed by atoms with Gasteiger partial charge in [-0.2, -0.15) is 0 Å². The van der Waals surface area contributed by atoms with E-state index in [1.807, 2.05) is 159 Å². The molecule has 4 heterocycles. The predicted molar refractivity (Wildman–Crippen MR) is 389 cm³/mol. The quantitative estimate of drug-likeness (QED) is 0.130. The van der Waals surface area contributed by atoms with Gasteiger partial charge < -0.3 is 48.4 Å². The fraction of sp³-hybridized carbons (Fsp3) is 0.918. The monoisotopic (exact) mass is 1480 g/mol. The lowest BCUT2D eigenvalue weighted by Crippen LogP contribution is -2.52. The Morgan fingerprint density at radius 2 is 0.750 bits per heavy atom.